The number of nitrogens with zero attached hydrogens (tertiary/aromatic N) is 4. The van der Waals surface area contributed by atoms with E-state index in [0.29, 0.717) is 44.2 Å². The summed E-state index contributed by atoms with van der Waals surface area (Å²) in [6, 6.07) is 23.8. The topological polar surface area (TPSA) is 75.5 Å². The third-order valence-corrected chi connectivity index (χ3v) is 10.5. The number of benzene rings is 3. The van der Waals surface area contributed by atoms with E-state index in [-0.39, 0.29) is 17.3 Å². The van der Waals surface area contributed by atoms with Crippen molar-refractivity contribution in [3.63, 3.8) is 0 Å². The summed E-state index contributed by atoms with van der Waals surface area (Å²) in [5, 5.41) is 5.42. The van der Waals surface area contributed by atoms with Crippen LogP contribution in [0.4, 0.5) is 0 Å². The lowest BCUT2D eigenvalue weighted by molar-refractivity contribution is -0.122. The summed E-state index contributed by atoms with van der Waals surface area (Å²) < 4.78 is 30.9. The number of carbonyl (C=O) groups is 1. The second-order valence-electron chi connectivity index (χ2n) is 10.0. The second kappa shape index (κ2) is 13.6. The molecule has 222 valence electrons. The molecule has 0 unspecified atom stereocenters. The number of aromatic nitrogens is 2. The van der Waals surface area contributed by atoms with E-state index in [4.69, 9.17) is 28.9 Å². The lowest BCUT2D eigenvalue weighted by Crippen LogP contribution is -2.32. The van der Waals surface area contributed by atoms with E-state index < -0.39 is 10.0 Å². The van der Waals surface area contributed by atoms with Crippen molar-refractivity contribution in [2.24, 2.45) is 0 Å². The zero-order valence-corrected chi connectivity index (χ0v) is 27.0. The molecule has 43 heavy (non-hydrogen) atoms. The minimum atomic E-state index is -3.70. The van der Waals surface area contributed by atoms with Crippen LogP contribution in [-0.2, 0) is 21.4 Å². The lowest BCUT2D eigenvalue weighted by atomic mass is 10.1. The van der Waals surface area contributed by atoms with Gasteiger partial charge in [-0.15, -0.1) is 0 Å². The van der Waals surface area contributed by atoms with Gasteiger partial charge >= 0.3 is 0 Å². The highest BCUT2D eigenvalue weighted by Crippen LogP contribution is 2.36. The van der Waals surface area contributed by atoms with Crippen molar-refractivity contribution in [2.75, 3.05) is 13.1 Å². The molecule has 1 aliphatic rings. The van der Waals surface area contributed by atoms with Crippen molar-refractivity contribution in [1.82, 2.24) is 19.0 Å². The quantitative estimate of drug-likeness (QED) is 0.124. The molecule has 1 fully saturated rings. The van der Waals surface area contributed by atoms with Crippen LogP contribution in [0.1, 0.15) is 37.8 Å². The van der Waals surface area contributed by atoms with Crippen molar-refractivity contribution < 1.29 is 13.2 Å². The highest BCUT2D eigenvalue weighted by atomic mass is 35.5. The van der Waals surface area contributed by atoms with E-state index in [1.54, 1.807) is 35.0 Å². The maximum Gasteiger partial charge on any atom is 0.266 e. The Labute approximate surface area is 267 Å². The summed E-state index contributed by atoms with van der Waals surface area (Å²) in [6.45, 7) is 5.10. The first-order chi connectivity index (χ1) is 20.7. The summed E-state index contributed by atoms with van der Waals surface area (Å²) in [7, 11) is -3.70. The third kappa shape index (κ3) is 6.78. The van der Waals surface area contributed by atoms with Crippen molar-refractivity contribution in [2.45, 2.75) is 38.1 Å². The van der Waals surface area contributed by atoms with Gasteiger partial charge in [0.2, 0.25) is 10.0 Å². The van der Waals surface area contributed by atoms with E-state index in [9.17, 15) is 13.2 Å². The van der Waals surface area contributed by atoms with Crippen LogP contribution in [0.2, 0.25) is 5.02 Å². The number of sulfonamides is 1. The normalized spacial score (nSPS) is 14.8. The summed E-state index contributed by atoms with van der Waals surface area (Å²) in [5.41, 5.74) is 3.47. The van der Waals surface area contributed by atoms with Crippen LogP contribution in [0.3, 0.4) is 0 Å². The molecule has 0 N–H and O–H groups in total. The largest absolute Gasteiger partial charge is 0.288 e. The van der Waals surface area contributed by atoms with Gasteiger partial charge in [-0.2, -0.15) is 9.40 Å². The van der Waals surface area contributed by atoms with Gasteiger partial charge in [0.05, 0.1) is 22.0 Å². The predicted octanol–water partition coefficient (Wildman–Crippen LogP) is 7.40. The first-order valence-corrected chi connectivity index (χ1v) is 17.0. The number of thiocarbonyl (C=S) groups is 1. The van der Waals surface area contributed by atoms with E-state index in [0.717, 1.165) is 24.1 Å². The molecule has 1 saturated heterocycles. The number of hydrogen-bond donors (Lipinski definition) is 0. The van der Waals surface area contributed by atoms with Gasteiger partial charge in [0, 0.05) is 35.4 Å². The van der Waals surface area contributed by atoms with Gasteiger partial charge in [0.15, 0.2) is 0 Å². The number of rotatable bonds is 11. The Morgan fingerprint density at radius 2 is 1.67 bits per heavy atom. The smallest absolute Gasteiger partial charge is 0.266 e. The van der Waals surface area contributed by atoms with Gasteiger partial charge in [0.1, 0.15) is 10.0 Å². The standard InChI is InChI=1S/C32H31ClN4O3S3/c1-3-17-35(18-4-2)43(39,40)27-15-10-12-23(19-27)30-25(22-37(34-30)26-13-6-5-7-14-26)20-29-31(38)36(32(41)42-29)21-24-11-8-9-16-28(24)33/h5-16,19-20,22H,3-4,17-18,21H2,1-2H3/b29-20-. The fraction of sp³-hybridized carbons (Fsp3) is 0.219. The van der Waals surface area contributed by atoms with Gasteiger partial charge < -0.3 is 0 Å². The summed E-state index contributed by atoms with van der Waals surface area (Å²) in [4.78, 5) is 15.7. The number of carbonyl (C=O) groups excluding carboxylic acids is 1. The molecule has 0 saturated carbocycles. The van der Waals surface area contributed by atoms with Gasteiger partial charge in [-0.05, 0) is 54.8 Å². The monoisotopic (exact) mass is 650 g/mol. The molecule has 3 aromatic carbocycles. The molecule has 1 aliphatic heterocycles. The summed E-state index contributed by atoms with van der Waals surface area (Å²) >= 11 is 13.2. The van der Waals surface area contributed by atoms with Crippen LogP contribution in [0, 0.1) is 0 Å². The van der Waals surface area contributed by atoms with Crippen LogP contribution in [0.15, 0.2) is 94.9 Å². The molecule has 0 atom stereocenters. The van der Waals surface area contributed by atoms with Crippen molar-refractivity contribution in [1.29, 1.82) is 0 Å². The molecule has 0 radical (unpaired) electrons. The number of thioether (sulfide) groups is 1. The van der Waals surface area contributed by atoms with E-state index >= 15 is 0 Å². The summed E-state index contributed by atoms with van der Waals surface area (Å²) in [5.74, 6) is -0.223. The maximum atomic E-state index is 13.6. The van der Waals surface area contributed by atoms with Crippen molar-refractivity contribution in [3.05, 3.63) is 106 Å². The molecule has 2 heterocycles. The first-order valence-electron chi connectivity index (χ1n) is 14.0. The zero-order valence-electron chi connectivity index (χ0n) is 23.8. The average molecular weight is 651 g/mol. The molecular weight excluding hydrogens is 620 g/mol. The van der Waals surface area contributed by atoms with Crippen LogP contribution in [0.25, 0.3) is 23.0 Å². The number of para-hydroxylation sites is 1. The Balaban J connectivity index is 1.56. The predicted molar refractivity (Wildman–Crippen MR) is 179 cm³/mol. The van der Waals surface area contributed by atoms with Gasteiger partial charge in [-0.3, -0.25) is 9.69 Å². The Morgan fingerprint density at radius 1 is 0.977 bits per heavy atom. The molecular formula is C32H31ClN4O3S3. The van der Waals surface area contributed by atoms with Crippen LogP contribution >= 0.6 is 35.6 Å². The second-order valence-corrected chi connectivity index (χ2v) is 14.0. The lowest BCUT2D eigenvalue weighted by Gasteiger charge is -2.21. The van der Waals surface area contributed by atoms with Crippen LogP contribution < -0.4 is 0 Å². The highest BCUT2D eigenvalue weighted by Gasteiger charge is 2.33. The Hall–Kier alpha value is -3.28. The highest BCUT2D eigenvalue weighted by molar-refractivity contribution is 8.26. The molecule has 4 aromatic rings. The number of halogens is 1. The fourth-order valence-electron chi connectivity index (χ4n) is 4.81. The van der Waals surface area contributed by atoms with E-state index in [2.05, 4.69) is 0 Å². The van der Waals surface area contributed by atoms with Crippen LogP contribution in [0.5, 0.6) is 0 Å². The number of hydrogen-bond acceptors (Lipinski definition) is 6. The summed E-state index contributed by atoms with van der Waals surface area (Å²) in [6.07, 6.45) is 5.06. The van der Waals surface area contributed by atoms with Crippen LogP contribution in [-0.4, -0.2) is 50.7 Å². The van der Waals surface area contributed by atoms with Gasteiger partial charge in [-0.1, -0.05) is 98.0 Å². The first kappa shape index (κ1) is 31.2. The minimum absolute atomic E-state index is 0.207. The molecule has 1 amide bonds. The number of amides is 1. The fourth-order valence-corrected chi connectivity index (χ4v) is 7.92. The van der Waals surface area contributed by atoms with Crippen molar-refractivity contribution >= 4 is 61.9 Å². The molecule has 0 bridgehead atoms. The molecule has 0 spiro atoms. The molecule has 7 nitrogen and oxygen atoms in total. The van der Waals surface area contributed by atoms with E-state index in [1.807, 2.05) is 74.6 Å². The molecule has 11 heteroatoms. The Bertz CT molecular complexity index is 1780. The third-order valence-electron chi connectivity index (χ3n) is 6.90. The minimum Gasteiger partial charge on any atom is -0.288 e. The zero-order chi connectivity index (χ0) is 30.6. The molecule has 1 aromatic heterocycles. The molecule has 5 rings (SSSR count). The van der Waals surface area contributed by atoms with Crippen molar-refractivity contribution in [3.8, 4) is 16.9 Å². The molecule has 0 aliphatic carbocycles. The Kier molecular flexibility index (Phi) is 9.83. The van der Waals surface area contributed by atoms with Gasteiger partial charge in [-0.25, -0.2) is 13.1 Å². The SMILES string of the molecule is CCCN(CCC)S(=O)(=O)c1cccc(-c2nn(-c3ccccc3)cc2/C=C2\SC(=S)N(Cc3ccccc3Cl)C2=O)c1. The van der Waals surface area contributed by atoms with Gasteiger partial charge in [0.25, 0.3) is 5.91 Å². The Morgan fingerprint density at radius 3 is 2.37 bits per heavy atom. The van der Waals surface area contributed by atoms with E-state index in [1.165, 1.54) is 21.0 Å². The maximum absolute atomic E-state index is 13.6. The average Bonchev–Trinajstić information content (AvgIpc) is 3.55.